The van der Waals surface area contributed by atoms with Gasteiger partial charge in [0, 0.05) is 49.2 Å². The zero-order valence-corrected chi connectivity index (χ0v) is 22.2. The third kappa shape index (κ3) is 5.62. The lowest BCUT2D eigenvalue weighted by Crippen LogP contribution is -2.34. The van der Waals surface area contributed by atoms with Crippen LogP contribution in [-0.2, 0) is 17.8 Å². The third-order valence-electron chi connectivity index (χ3n) is 7.61. The molecule has 7 heteroatoms. The Labute approximate surface area is 219 Å². The summed E-state index contributed by atoms with van der Waals surface area (Å²) in [4.78, 5) is 28.8. The largest absolute Gasteiger partial charge is 0.462 e. The van der Waals surface area contributed by atoms with Gasteiger partial charge in [0.1, 0.15) is 12.4 Å². The Kier molecular flexibility index (Phi) is 7.70. The number of ether oxygens (including phenoxy) is 1. The maximum Gasteiger partial charge on any atom is 0.318 e. The molecule has 0 amide bonds. The number of carbonyl (C=O) groups is 1. The van der Waals surface area contributed by atoms with E-state index in [-0.39, 0.29) is 5.78 Å². The van der Waals surface area contributed by atoms with Crippen LogP contribution >= 0.6 is 0 Å². The number of benzene rings is 2. The number of aromatic nitrogens is 2. The van der Waals surface area contributed by atoms with Crippen molar-refractivity contribution in [3.05, 3.63) is 65.9 Å². The Morgan fingerprint density at radius 2 is 2.00 bits per heavy atom. The van der Waals surface area contributed by atoms with E-state index in [0.29, 0.717) is 38.2 Å². The normalized spacial score (nSPS) is 17.9. The van der Waals surface area contributed by atoms with Crippen molar-refractivity contribution >= 4 is 28.1 Å². The van der Waals surface area contributed by atoms with E-state index < -0.39 is 0 Å². The van der Waals surface area contributed by atoms with Crippen molar-refractivity contribution < 1.29 is 9.53 Å². The molecule has 0 aliphatic carbocycles. The first-order valence-corrected chi connectivity index (χ1v) is 13.4. The minimum absolute atomic E-state index is 0.125. The van der Waals surface area contributed by atoms with E-state index in [1.165, 1.54) is 22.9 Å². The van der Waals surface area contributed by atoms with Crippen molar-refractivity contribution in [1.29, 1.82) is 0 Å². The summed E-state index contributed by atoms with van der Waals surface area (Å²) in [7, 11) is 4.16. The number of allylic oxidation sites excluding steroid dienone is 2. The van der Waals surface area contributed by atoms with Gasteiger partial charge in [-0.15, -0.1) is 0 Å². The van der Waals surface area contributed by atoms with Crippen LogP contribution in [0.1, 0.15) is 37.4 Å². The number of hydrogen-bond acceptors (Lipinski definition) is 7. The number of likely N-dealkylation sites (tertiary alicyclic amines) is 1. The van der Waals surface area contributed by atoms with Gasteiger partial charge in [-0.05, 0) is 57.3 Å². The molecule has 2 aromatic carbocycles. The van der Waals surface area contributed by atoms with Crippen LogP contribution in [0.2, 0.25) is 0 Å². The maximum absolute atomic E-state index is 12.1. The summed E-state index contributed by atoms with van der Waals surface area (Å²) in [5, 5.41) is 2.49. The highest BCUT2D eigenvalue weighted by Crippen LogP contribution is 2.34. The standard InChI is InChI=1S/C30H37N5O2/c1-4-9-24(36)15-18-34(3)29-26-16-19-35(28-14-7-11-22-10-5-6-13-25(22)28)20-27(26)31-30(32-29)37-21-23-12-8-17-33(23)2/h4-7,9-11,13-14,23H,8,12,15-21H2,1-3H3/b9-4+/t23-/m0/s1. The van der Waals surface area contributed by atoms with Crippen LogP contribution in [0, 0.1) is 0 Å². The molecule has 0 saturated carbocycles. The molecule has 194 valence electrons. The summed E-state index contributed by atoms with van der Waals surface area (Å²) in [5.41, 5.74) is 3.39. The predicted molar refractivity (Wildman–Crippen MR) is 150 cm³/mol. The van der Waals surface area contributed by atoms with Crippen molar-refractivity contribution in [3.63, 3.8) is 0 Å². The average molecular weight is 500 g/mol. The molecule has 0 unspecified atom stereocenters. The first-order valence-electron chi connectivity index (χ1n) is 13.4. The Morgan fingerprint density at radius 1 is 1.16 bits per heavy atom. The van der Waals surface area contributed by atoms with Crippen molar-refractivity contribution in [2.24, 2.45) is 0 Å². The van der Waals surface area contributed by atoms with Crippen molar-refractivity contribution in [2.45, 2.75) is 45.2 Å². The Balaban J connectivity index is 1.43. The van der Waals surface area contributed by atoms with Crippen LogP contribution in [0.3, 0.4) is 0 Å². The molecule has 0 radical (unpaired) electrons. The summed E-state index contributed by atoms with van der Waals surface area (Å²) in [6.45, 7) is 5.75. The lowest BCUT2D eigenvalue weighted by molar-refractivity contribution is -0.114. The number of carbonyl (C=O) groups excluding carboxylic acids is 1. The number of nitrogens with zero attached hydrogens (tertiary/aromatic N) is 5. The molecule has 5 rings (SSSR count). The van der Waals surface area contributed by atoms with E-state index in [0.717, 1.165) is 43.0 Å². The van der Waals surface area contributed by atoms with E-state index in [2.05, 4.69) is 64.2 Å². The summed E-state index contributed by atoms with van der Waals surface area (Å²) in [6.07, 6.45) is 7.05. The average Bonchev–Trinajstić information content (AvgIpc) is 3.34. The fourth-order valence-electron chi connectivity index (χ4n) is 5.47. The van der Waals surface area contributed by atoms with Gasteiger partial charge in [0.2, 0.25) is 0 Å². The SMILES string of the molecule is C/C=C/C(=O)CCN(C)c1nc(OC[C@@H]2CCCN2C)nc2c1CCN(c1cccc3ccccc13)C2. The van der Waals surface area contributed by atoms with Gasteiger partial charge in [0.25, 0.3) is 0 Å². The molecular formula is C30H37N5O2. The van der Waals surface area contributed by atoms with E-state index >= 15 is 0 Å². The lowest BCUT2D eigenvalue weighted by Gasteiger charge is -2.33. The van der Waals surface area contributed by atoms with Crippen molar-refractivity contribution in [3.8, 4) is 6.01 Å². The lowest BCUT2D eigenvalue weighted by atomic mass is 10.0. The fraction of sp³-hybridized carbons (Fsp3) is 0.433. The summed E-state index contributed by atoms with van der Waals surface area (Å²) < 4.78 is 6.21. The van der Waals surface area contributed by atoms with E-state index in [1.807, 2.05) is 14.0 Å². The zero-order valence-electron chi connectivity index (χ0n) is 22.2. The molecule has 2 aliphatic rings. The Bertz CT molecular complexity index is 1280. The molecule has 1 fully saturated rings. The Morgan fingerprint density at radius 3 is 2.81 bits per heavy atom. The number of ketones is 1. The topological polar surface area (TPSA) is 61.8 Å². The summed E-state index contributed by atoms with van der Waals surface area (Å²) >= 11 is 0. The van der Waals surface area contributed by atoms with E-state index in [1.54, 1.807) is 12.2 Å². The van der Waals surface area contributed by atoms with Gasteiger partial charge in [-0.3, -0.25) is 4.79 Å². The number of anilines is 2. The fourth-order valence-corrected chi connectivity index (χ4v) is 5.47. The molecular weight excluding hydrogens is 462 g/mol. The monoisotopic (exact) mass is 499 g/mol. The molecule has 1 aromatic heterocycles. The smallest absolute Gasteiger partial charge is 0.318 e. The van der Waals surface area contributed by atoms with E-state index in [4.69, 9.17) is 14.7 Å². The van der Waals surface area contributed by atoms with Gasteiger partial charge in [-0.2, -0.15) is 9.97 Å². The van der Waals surface area contributed by atoms with Gasteiger partial charge in [0.15, 0.2) is 5.78 Å². The number of rotatable bonds is 9. The predicted octanol–water partition coefficient (Wildman–Crippen LogP) is 4.64. The highest BCUT2D eigenvalue weighted by molar-refractivity contribution is 5.94. The second kappa shape index (κ2) is 11.3. The minimum atomic E-state index is 0.125. The second-order valence-electron chi connectivity index (χ2n) is 10.2. The van der Waals surface area contributed by atoms with Crippen molar-refractivity contribution in [1.82, 2.24) is 14.9 Å². The quantitative estimate of drug-likeness (QED) is 0.398. The first-order chi connectivity index (χ1) is 18.0. The first kappa shape index (κ1) is 25.2. The van der Waals surface area contributed by atoms with Gasteiger partial charge < -0.3 is 19.4 Å². The van der Waals surface area contributed by atoms with Gasteiger partial charge >= 0.3 is 6.01 Å². The molecule has 7 nitrogen and oxygen atoms in total. The van der Waals surface area contributed by atoms with Crippen LogP contribution in [0.25, 0.3) is 10.8 Å². The maximum atomic E-state index is 12.1. The van der Waals surface area contributed by atoms with Gasteiger partial charge in [-0.25, -0.2) is 0 Å². The second-order valence-corrected chi connectivity index (χ2v) is 10.2. The van der Waals surface area contributed by atoms with Crippen LogP contribution < -0.4 is 14.5 Å². The molecule has 1 atom stereocenters. The molecule has 0 bridgehead atoms. The molecule has 0 N–H and O–H groups in total. The summed E-state index contributed by atoms with van der Waals surface area (Å²) in [6, 6.07) is 15.8. The van der Waals surface area contributed by atoms with Crippen molar-refractivity contribution in [2.75, 3.05) is 50.1 Å². The van der Waals surface area contributed by atoms with Gasteiger partial charge in [-0.1, -0.05) is 42.5 Å². The minimum Gasteiger partial charge on any atom is -0.462 e. The summed E-state index contributed by atoms with van der Waals surface area (Å²) in [5.74, 6) is 1.01. The molecule has 3 aromatic rings. The van der Waals surface area contributed by atoms with Crippen LogP contribution in [0.15, 0.2) is 54.6 Å². The van der Waals surface area contributed by atoms with Crippen LogP contribution in [-0.4, -0.2) is 67.0 Å². The third-order valence-corrected chi connectivity index (χ3v) is 7.61. The number of hydrogen-bond donors (Lipinski definition) is 0. The molecule has 37 heavy (non-hydrogen) atoms. The van der Waals surface area contributed by atoms with Gasteiger partial charge in [0.05, 0.1) is 12.2 Å². The highest BCUT2D eigenvalue weighted by Gasteiger charge is 2.27. The molecule has 1 saturated heterocycles. The molecule has 3 heterocycles. The molecule has 0 spiro atoms. The van der Waals surface area contributed by atoms with E-state index in [9.17, 15) is 4.79 Å². The van der Waals surface area contributed by atoms with Crippen LogP contribution in [0.5, 0.6) is 6.01 Å². The number of likely N-dealkylation sites (N-methyl/N-ethyl adjacent to an activating group) is 1. The Hall–Kier alpha value is -3.45. The zero-order chi connectivity index (χ0) is 25.8. The van der Waals surface area contributed by atoms with Crippen LogP contribution in [0.4, 0.5) is 11.5 Å². The highest BCUT2D eigenvalue weighted by atomic mass is 16.5. The number of fused-ring (bicyclic) bond motifs is 2. The molecule has 2 aliphatic heterocycles.